The van der Waals surface area contributed by atoms with Gasteiger partial charge >= 0.3 is 0 Å². The number of aromatic hydroxyl groups is 1. The first-order chi connectivity index (χ1) is 12.1. The van der Waals surface area contributed by atoms with E-state index < -0.39 is 4.92 Å². The van der Waals surface area contributed by atoms with Crippen molar-refractivity contribution in [3.63, 3.8) is 0 Å². The fourth-order valence-electron chi connectivity index (χ4n) is 2.94. The lowest BCUT2D eigenvalue weighted by Gasteiger charge is -2.03. The van der Waals surface area contributed by atoms with Crippen LogP contribution in [0.3, 0.4) is 0 Å². The molecule has 2 heterocycles. The third-order valence-corrected chi connectivity index (χ3v) is 5.30. The lowest BCUT2D eigenvalue weighted by Crippen LogP contribution is -1.97. The first-order valence-corrected chi connectivity index (χ1v) is 8.47. The molecule has 9 heteroatoms. The predicted molar refractivity (Wildman–Crippen MR) is 95.4 cm³/mol. The van der Waals surface area contributed by atoms with E-state index in [4.69, 9.17) is 0 Å². The van der Waals surface area contributed by atoms with Gasteiger partial charge in [0.15, 0.2) is 5.82 Å². The minimum absolute atomic E-state index is 0.0830. The monoisotopic (exact) mass is 355 g/mol. The quantitative estimate of drug-likeness (QED) is 0.422. The van der Waals surface area contributed by atoms with E-state index in [0.29, 0.717) is 5.82 Å². The van der Waals surface area contributed by atoms with E-state index in [9.17, 15) is 15.2 Å². The van der Waals surface area contributed by atoms with Crippen LogP contribution in [0.5, 0.6) is 5.75 Å². The van der Waals surface area contributed by atoms with Gasteiger partial charge in [0.05, 0.1) is 16.5 Å². The number of nitrogens with zero attached hydrogens (tertiary/aromatic N) is 4. The predicted octanol–water partition coefficient (Wildman–Crippen LogP) is 3.24. The topological polar surface area (TPSA) is 114 Å². The second kappa shape index (κ2) is 6.10. The van der Waals surface area contributed by atoms with Crippen molar-refractivity contribution in [3.8, 4) is 5.75 Å². The maximum atomic E-state index is 10.8. The number of benzene rings is 1. The number of nitro groups is 1. The number of nitro benzene ring substituents is 1. The number of phenolic OH excluding ortho intramolecular Hbond substituents is 1. The fraction of sp³-hybridized carbons (Fsp3) is 0.188. The summed E-state index contributed by atoms with van der Waals surface area (Å²) in [5.41, 5.74) is 4.29. The highest BCUT2D eigenvalue weighted by molar-refractivity contribution is 7.19. The number of hydrazone groups is 1. The van der Waals surface area contributed by atoms with Gasteiger partial charge in [-0.25, -0.2) is 9.97 Å². The van der Waals surface area contributed by atoms with Crippen LogP contribution in [0.15, 0.2) is 29.6 Å². The Kier molecular flexibility index (Phi) is 3.77. The van der Waals surface area contributed by atoms with Crippen LogP contribution >= 0.6 is 11.3 Å². The third kappa shape index (κ3) is 2.78. The second-order valence-corrected chi connectivity index (χ2v) is 6.71. The molecule has 2 N–H and O–H groups in total. The Morgan fingerprint density at radius 2 is 2.24 bits per heavy atom. The number of fused-ring (bicyclic) bond motifs is 3. The van der Waals surface area contributed by atoms with Crippen molar-refractivity contribution >= 4 is 39.3 Å². The summed E-state index contributed by atoms with van der Waals surface area (Å²) >= 11 is 1.68. The lowest BCUT2D eigenvalue weighted by molar-refractivity contribution is -0.384. The molecule has 4 rings (SSSR count). The number of thiophene rings is 1. The van der Waals surface area contributed by atoms with E-state index in [2.05, 4.69) is 20.5 Å². The van der Waals surface area contributed by atoms with Crippen LogP contribution in [0.2, 0.25) is 0 Å². The van der Waals surface area contributed by atoms with Crippen LogP contribution in [-0.2, 0) is 12.8 Å². The molecule has 3 aromatic rings. The number of aryl methyl sites for hydroxylation is 2. The summed E-state index contributed by atoms with van der Waals surface area (Å²) in [6, 6.07) is 3.77. The van der Waals surface area contributed by atoms with Crippen molar-refractivity contribution in [2.75, 3.05) is 5.43 Å². The molecule has 126 valence electrons. The van der Waals surface area contributed by atoms with Gasteiger partial charge in [0.2, 0.25) is 0 Å². The van der Waals surface area contributed by atoms with Gasteiger partial charge in [0.1, 0.15) is 16.9 Å². The highest BCUT2D eigenvalue weighted by atomic mass is 32.1. The largest absolute Gasteiger partial charge is 0.507 e. The van der Waals surface area contributed by atoms with Crippen molar-refractivity contribution in [2.45, 2.75) is 19.3 Å². The Labute approximate surface area is 146 Å². The summed E-state index contributed by atoms with van der Waals surface area (Å²) in [6.07, 6.45) is 6.03. The standard InChI is InChI=1S/C16H13N5O3S/c22-12-5-4-10(21(23)24)6-9(12)7-19-20-15-14-11-2-1-3-13(11)25-16(14)18-8-17-15/h4-8,22H,1-3H2,(H,17,18,20). The molecule has 0 aliphatic heterocycles. The Balaban J connectivity index is 1.64. The van der Waals surface area contributed by atoms with E-state index in [-0.39, 0.29) is 17.0 Å². The summed E-state index contributed by atoms with van der Waals surface area (Å²) in [5.74, 6) is 0.519. The normalized spacial score (nSPS) is 13.4. The van der Waals surface area contributed by atoms with E-state index in [1.165, 1.54) is 41.2 Å². The molecule has 1 aromatic carbocycles. The van der Waals surface area contributed by atoms with Gasteiger partial charge in [-0.3, -0.25) is 15.5 Å². The molecule has 0 fully saturated rings. The molecule has 0 amide bonds. The summed E-state index contributed by atoms with van der Waals surface area (Å²) in [5, 5.41) is 25.7. The first kappa shape index (κ1) is 15.5. The summed E-state index contributed by atoms with van der Waals surface area (Å²) in [6.45, 7) is 0. The van der Waals surface area contributed by atoms with Gasteiger partial charge in [0, 0.05) is 22.6 Å². The van der Waals surface area contributed by atoms with Gasteiger partial charge in [-0.1, -0.05) is 0 Å². The molecule has 0 radical (unpaired) electrons. The second-order valence-electron chi connectivity index (χ2n) is 5.63. The minimum atomic E-state index is -0.521. The number of nitrogens with one attached hydrogen (secondary N) is 1. The van der Waals surface area contributed by atoms with Crippen LogP contribution in [0.25, 0.3) is 10.2 Å². The smallest absolute Gasteiger partial charge is 0.270 e. The summed E-state index contributed by atoms with van der Waals surface area (Å²) < 4.78 is 0. The number of non-ortho nitro benzene ring substituents is 1. The average molecular weight is 355 g/mol. The van der Waals surface area contributed by atoms with Gasteiger partial charge in [0.25, 0.3) is 5.69 Å². The Hall–Kier alpha value is -3.07. The van der Waals surface area contributed by atoms with Crippen LogP contribution in [0.1, 0.15) is 22.4 Å². The number of hydrogen-bond donors (Lipinski definition) is 2. The Morgan fingerprint density at radius 1 is 1.36 bits per heavy atom. The Morgan fingerprint density at radius 3 is 3.08 bits per heavy atom. The fourth-order valence-corrected chi connectivity index (χ4v) is 4.16. The van der Waals surface area contributed by atoms with Crippen molar-refractivity contribution in [1.29, 1.82) is 0 Å². The molecule has 2 aromatic heterocycles. The SMILES string of the molecule is O=[N+]([O-])c1ccc(O)c(C=NNc2ncnc3sc4c(c23)CCC4)c1. The highest BCUT2D eigenvalue weighted by Crippen LogP contribution is 2.38. The maximum absolute atomic E-state index is 10.8. The zero-order chi connectivity index (χ0) is 17.4. The minimum Gasteiger partial charge on any atom is -0.507 e. The number of aromatic nitrogens is 2. The summed E-state index contributed by atoms with van der Waals surface area (Å²) in [4.78, 5) is 21.2. The van der Waals surface area contributed by atoms with Crippen LogP contribution in [-0.4, -0.2) is 26.2 Å². The van der Waals surface area contributed by atoms with Crippen molar-refractivity contribution in [2.24, 2.45) is 5.10 Å². The average Bonchev–Trinajstić information content (AvgIpc) is 3.17. The zero-order valence-electron chi connectivity index (χ0n) is 13.0. The molecular weight excluding hydrogens is 342 g/mol. The zero-order valence-corrected chi connectivity index (χ0v) is 13.8. The molecule has 0 saturated heterocycles. The molecule has 8 nitrogen and oxygen atoms in total. The van der Waals surface area contributed by atoms with Crippen LogP contribution < -0.4 is 5.43 Å². The molecule has 0 atom stereocenters. The number of hydrogen-bond acceptors (Lipinski definition) is 8. The number of rotatable bonds is 4. The third-order valence-electron chi connectivity index (χ3n) is 4.10. The van der Waals surface area contributed by atoms with Gasteiger partial charge in [-0.05, 0) is 30.9 Å². The molecular formula is C16H13N5O3S. The highest BCUT2D eigenvalue weighted by Gasteiger charge is 2.21. The lowest BCUT2D eigenvalue weighted by atomic mass is 10.2. The van der Waals surface area contributed by atoms with E-state index in [0.717, 1.165) is 29.5 Å². The van der Waals surface area contributed by atoms with E-state index in [1.807, 2.05) is 0 Å². The van der Waals surface area contributed by atoms with Crippen molar-refractivity contribution in [1.82, 2.24) is 9.97 Å². The van der Waals surface area contributed by atoms with Crippen molar-refractivity contribution in [3.05, 3.63) is 50.6 Å². The maximum Gasteiger partial charge on any atom is 0.270 e. The first-order valence-electron chi connectivity index (χ1n) is 7.65. The molecule has 1 aliphatic rings. The molecule has 25 heavy (non-hydrogen) atoms. The molecule has 0 bridgehead atoms. The molecule has 1 aliphatic carbocycles. The Bertz CT molecular complexity index is 1010. The van der Waals surface area contributed by atoms with E-state index >= 15 is 0 Å². The van der Waals surface area contributed by atoms with Gasteiger partial charge in [-0.2, -0.15) is 5.10 Å². The molecule has 0 unspecified atom stereocenters. The summed E-state index contributed by atoms with van der Waals surface area (Å²) in [7, 11) is 0. The number of anilines is 1. The van der Waals surface area contributed by atoms with E-state index in [1.54, 1.807) is 11.3 Å². The van der Waals surface area contributed by atoms with Gasteiger partial charge in [-0.15, -0.1) is 11.3 Å². The molecule has 0 saturated carbocycles. The van der Waals surface area contributed by atoms with Crippen LogP contribution in [0.4, 0.5) is 11.5 Å². The van der Waals surface area contributed by atoms with Gasteiger partial charge < -0.3 is 5.11 Å². The molecule has 0 spiro atoms. The van der Waals surface area contributed by atoms with Crippen LogP contribution in [0, 0.1) is 10.1 Å². The van der Waals surface area contributed by atoms with Crippen molar-refractivity contribution < 1.29 is 10.0 Å². The number of phenols is 1.